The number of amides is 1. The summed E-state index contributed by atoms with van der Waals surface area (Å²) in [5.41, 5.74) is 4.17. The molecule has 0 saturated heterocycles. The highest BCUT2D eigenvalue weighted by molar-refractivity contribution is 5.93. The summed E-state index contributed by atoms with van der Waals surface area (Å²) >= 11 is 0. The third-order valence-corrected chi connectivity index (χ3v) is 4.70. The number of aromatic nitrogens is 1. The molecule has 1 heterocycles. The van der Waals surface area contributed by atoms with E-state index < -0.39 is 28.7 Å². The van der Waals surface area contributed by atoms with Crippen LogP contribution in [0.4, 0.5) is 8.78 Å². The number of carbonyl (C=O) groups is 1. The van der Waals surface area contributed by atoms with Crippen molar-refractivity contribution in [2.45, 2.75) is 33.1 Å². The maximum Gasteiger partial charge on any atom is 0.271 e. The molecule has 0 aliphatic heterocycles. The van der Waals surface area contributed by atoms with E-state index in [0.29, 0.717) is 13.1 Å². The average molecular weight is 408 g/mol. The Hall–Kier alpha value is -2.94. The minimum Gasteiger partial charge on any atom is -0.502 e. The van der Waals surface area contributed by atoms with Crippen LogP contribution < -0.4 is 16.3 Å². The van der Waals surface area contributed by atoms with Crippen LogP contribution in [0.3, 0.4) is 0 Å². The van der Waals surface area contributed by atoms with Crippen LogP contribution in [0.1, 0.15) is 48.3 Å². The molecular formula is C20H26F2N4O3. The highest BCUT2D eigenvalue weighted by Crippen LogP contribution is 2.19. The number of carbonyl (C=O) groups excluding carboxylic acids is 1. The Morgan fingerprint density at radius 1 is 1.24 bits per heavy atom. The van der Waals surface area contributed by atoms with Crippen molar-refractivity contribution in [2.75, 3.05) is 25.3 Å². The van der Waals surface area contributed by atoms with E-state index in [2.05, 4.69) is 0 Å². The molecule has 2 aromatic rings. The van der Waals surface area contributed by atoms with Crippen molar-refractivity contribution >= 4 is 5.91 Å². The van der Waals surface area contributed by atoms with Gasteiger partial charge in [0.25, 0.3) is 5.91 Å². The van der Waals surface area contributed by atoms with E-state index in [4.69, 9.17) is 5.73 Å². The summed E-state index contributed by atoms with van der Waals surface area (Å²) < 4.78 is 29.0. The monoisotopic (exact) mass is 408 g/mol. The molecule has 3 N–H and O–H groups in total. The summed E-state index contributed by atoms with van der Waals surface area (Å²) in [7, 11) is 1.78. The predicted octanol–water partition coefficient (Wildman–Crippen LogP) is 2.13. The van der Waals surface area contributed by atoms with Crippen LogP contribution in [-0.4, -0.2) is 40.8 Å². The largest absolute Gasteiger partial charge is 0.502 e. The van der Waals surface area contributed by atoms with Crippen LogP contribution in [0.2, 0.25) is 0 Å². The topological polar surface area (TPSA) is 91.8 Å². The number of nitrogens with zero attached hydrogens (tertiary/aromatic N) is 3. The molecule has 0 bridgehead atoms. The number of rotatable bonds is 9. The van der Waals surface area contributed by atoms with Gasteiger partial charge in [0.1, 0.15) is 0 Å². The van der Waals surface area contributed by atoms with E-state index in [0.717, 1.165) is 18.9 Å². The van der Waals surface area contributed by atoms with Crippen molar-refractivity contribution in [3.63, 3.8) is 0 Å². The van der Waals surface area contributed by atoms with Crippen LogP contribution in [-0.2, 0) is 6.42 Å². The second-order valence-electron chi connectivity index (χ2n) is 6.70. The quantitative estimate of drug-likeness (QED) is 0.620. The number of hydrogen-bond donors (Lipinski definition) is 2. The van der Waals surface area contributed by atoms with Crippen molar-refractivity contribution in [3.05, 3.63) is 63.1 Å². The van der Waals surface area contributed by atoms with Gasteiger partial charge in [0.15, 0.2) is 23.1 Å². The Balaban J connectivity index is 2.67. The van der Waals surface area contributed by atoms with E-state index in [9.17, 15) is 23.5 Å². The molecule has 29 heavy (non-hydrogen) atoms. The normalized spacial score (nSPS) is 11.1. The van der Waals surface area contributed by atoms with Gasteiger partial charge in [-0.2, -0.15) is 0 Å². The number of unbranched alkanes of at least 4 members (excludes halogenated alkanes) is 1. The SMILES string of the molecule is CCCCN(N(C)CC)n1cc(Cc2cccc(F)c2F)c(=O)c(O)c1C(N)=O. The first-order valence-corrected chi connectivity index (χ1v) is 9.41. The highest BCUT2D eigenvalue weighted by Gasteiger charge is 2.24. The standard InChI is InChI=1S/C20H26F2N4O3/c1-4-6-10-26(24(3)5-2)25-12-14(18(27)19(28)17(25)20(23)29)11-13-8-7-9-15(21)16(13)22/h7-9,12,28H,4-6,10-11H2,1-3H3,(H2,23,29). The van der Waals surface area contributed by atoms with Crippen LogP contribution in [0, 0.1) is 11.6 Å². The number of hydrazine groups is 1. The maximum atomic E-state index is 14.1. The second-order valence-corrected chi connectivity index (χ2v) is 6.70. The zero-order chi connectivity index (χ0) is 21.7. The fraction of sp³-hybridized carbons (Fsp3) is 0.400. The summed E-state index contributed by atoms with van der Waals surface area (Å²) in [5, 5.41) is 13.9. The summed E-state index contributed by atoms with van der Waals surface area (Å²) in [6.45, 7) is 4.95. The molecule has 2 rings (SSSR count). The number of aromatic hydroxyl groups is 1. The lowest BCUT2D eigenvalue weighted by Gasteiger charge is -2.36. The van der Waals surface area contributed by atoms with Gasteiger partial charge in [0, 0.05) is 31.8 Å². The van der Waals surface area contributed by atoms with E-state index in [1.54, 1.807) is 17.2 Å². The van der Waals surface area contributed by atoms with Crippen molar-refractivity contribution in [1.29, 1.82) is 0 Å². The minimum absolute atomic E-state index is 0.00278. The van der Waals surface area contributed by atoms with Gasteiger partial charge in [0.05, 0.1) is 6.54 Å². The number of halogens is 2. The second kappa shape index (κ2) is 9.51. The Kier molecular flexibility index (Phi) is 7.33. The number of pyridine rings is 1. The summed E-state index contributed by atoms with van der Waals surface area (Å²) in [6.07, 6.45) is 2.72. The first-order chi connectivity index (χ1) is 13.7. The first-order valence-electron chi connectivity index (χ1n) is 9.41. The van der Waals surface area contributed by atoms with Gasteiger partial charge in [0.2, 0.25) is 5.43 Å². The van der Waals surface area contributed by atoms with Gasteiger partial charge in [-0.05, 0) is 18.1 Å². The molecule has 1 aromatic heterocycles. The van der Waals surface area contributed by atoms with Gasteiger partial charge in [-0.3, -0.25) is 9.59 Å². The molecule has 0 aliphatic carbocycles. The fourth-order valence-electron chi connectivity index (χ4n) is 2.97. The van der Waals surface area contributed by atoms with Crippen molar-refractivity contribution < 1.29 is 18.7 Å². The maximum absolute atomic E-state index is 14.1. The molecule has 0 saturated carbocycles. The van der Waals surface area contributed by atoms with Crippen molar-refractivity contribution in [2.24, 2.45) is 5.73 Å². The lowest BCUT2D eigenvalue weighted by Crippen LogP contribution is -2.50. The number of hydrogen-bond acceptors (Lipinski definition) is 5. The van der Waals surface area contributed by atoms with Crippen molar-refractivity contribution in [1.82, 2.24) is 9.69 Å². The highest BCUT2D eigenvalue weighted by atomic mass is 19.2. The lowest BCUT2D eigenvalue weighted by atomic mass is 10.0. The smallest absolute Gasteiger partial charge is 0.271 e. The molecule has 9 heteroatoms. The van der Waals surface area contributed by atoms with Crippen LogP contribution >= 0.6 is 0 Å². The first kappa shape index (κ1) is 22.4. The molecule has 158 valence electrons. The lowest BCUT2D eigenvalue weighted by molar-refractivity contribution is 0.0979. The van der Waals surface area contributed by atoms with Crippen LogP contribution in [0.15, 0.2) is 29.2 Å². The molecule has 1 amide bonds. The van der Waals surface area contributed by atoms with E-state index in [1.165, 1.54) is 23.0 Å². The molecule has 0 spiro atoms. The van der Waals surface area contributed by atoms with E-state index >= 15 is 0 Å². The minimum atomic E-state index is -1.06. The Labute approximate surface area is 167 Å². The van der Waals surface area contributed by atoms with Crippen LogP contribution in [0.5, 0.6) is 5.75 Å². The van der Waals surface area contributed by atoms with Crippen LogP contribution in [0.25, 0.3) is 0 Å². The molecule has 7 nitrogen and oxygen atoms in total. The summed E-state index contributed by atoms with van der Waals surface area (Å²) in [5.74, 6) is -3.89. The third-order valence-electron chi connectivity index (χ3n) is 4.70. The fourth-order valence-corrected chi connectivity index (χ4v) is 2.97. The van der Waals surface area contributed by atoms with Gasteiger partial charge in [-0.15, -0.1) is 0 Å². The Morgan fingerprint density at radius 3 is 2.52 bits per heavy atom. The number of primary amides is 1. The average Bonchev–Trinajstić information content (AvgIpc) is 2.68. The molecule has 0 aliphatic rings. The zero-order valence-electron chi connectivity index (χ0n) is 16.8. The molecular weight excluding hydrogens is 382 g/mol. The number of nitrogens with two attached hydrogens (primary N) is 1. The van der Waals surface area contributed by atoms with Gasteiger partial charge in [-0.25, -0.2) is 23.6 Å². The van der Waals surface area contributed by atoms with Gasteiger partial charge in [-0.1, -0.05) is 32.4 Å². The number of benzene rings is 1. The molecule has 1 aromatic carbocycles. The molecule has 0 atom stereocenters. The predicted molar refractivity (Wildman–Crippen MR) is 106 cm³/mol. The summed E-state index contributed by atoms with van der Waals surface area (Å²) in [6, 6.07) is 3.67. The Morgan fingerprint density at radius 2 is 1.93 bits per heavy atom. The molecule has 0 radical (unpaired) electrons. The van der Waals surface area contributed by atoms with Gasteiger partial charge >= 0.3 is 0 Å². The van der Waals surface area contributed by atoms with E-state index in [-0.39, 0.29) is 23.2 Å². The van der Waals surface area contributed by atoms with Crippen molar-refractivity contribution in [3.8, 4) is 5.75 Å². The molecule has 0 fully saturated rings. The Bertz CT molecular complexity index is 946. The molecule has 0 unspecified atom stereocenters. The third kappa shape index (κ3) is 4.73. The zero-order valence-corrected chi connectivity index (χ0v) is 16.8. The van der Waals surface area contributed by atoms with E-state index in [1.807, 2.05) is 13.8 Å². The van der Waals surface area contributed by atoms with Gasteiger partial charge < -0.3 is 10.8 Å². The summed E-state index contributed by atoms with van der Waals surface area (Å²) in [4.78, 5) is 24.6.